The molecule has 0 atom stereocenters. The number of rotatable bonds is 4. The van der Waals surface area contributed by atoms with Gasteiger partial charge in [0.15, 0.2) is 17.8 Å². The van der Waals surface area contributed by atoms with Gasteiger partial charge < -0.3 is 23.7 Å². The van der Waals surface area contributed by atoms with Crippen molar-refractivity contribution in [2.45, 2.75) is 0 Å². The van der Waals surface area contributed by atoms with E-state index in [1.807, 2.05) is 24.3 Å². The van der Waals surface area contributed by atoms with E-state index in [4.69, 9.17) is 23.7 Å². The van der Waals surface area contributed by atoms with Gasteiger partial charge in [-0.1, -0.05) is 30.4 Å². The summed E-state index contributed by atoms with van der Waals surface area (Å²) in [6.07, 6.45) is 5.17. The van der Waals surface area contributed by atoms with Crippen LogP contribution in [0.4, 0.5) is 0 Å². The van der Waals surface area contributed by atoms with Gasteiger partial charge in [-0.3, -0.25) is 9.59 Å². The molecule has 1 aliphatic heterocycles. The van der Waals surface area contributed by atoms with Gasteiger partial charge in [0.05, 0.1) is 39.6 Å². The predicted octanol–water partition coefficient (Wildman–Crippen LogP) is 3.30. The van der Waals surface area contributed by atoms with Crippen molar-refractivity contribution >= 4 is 24.7 Å². The van der Waals surface area contributed by atoms with Crippen LogP contribution >= 0.6 is 0 Å². The molecule has 31 heavy (non-hydrogen) atoms. The maximum atomic E-state index is 11.3. The molecule has 0 saturated heterocycles. The number of ether oxygens (including phenoxy) is 5. The minimum absolute atomic E-state index is 0.372. The largest absolute Gasteiger partial charge is 0.487 e. The van der Waals surface area contributed by atoms with Gasteiger partial charge in [0.25, 0.3) is 0 Å². The van der Waals surface area contributed by atoms with Crippen molar-refractivity contribution in [3.8, 4) is 11.5 Å². The van der Waals surface area contributed by atoms with E-state index in [2.05, 4.69) is 0 Å². The zero-order valence-corrected chi connectivity index (χ0v) is 17.3. The number of hydrogen-bond donors (Lipinski definition) is 0. The van der Waals surface area contributed by atoms with Crippen LogP contribution in [0, 0.1) is 0 Å². The summed E-state index contributed by atoms with van der Waals surface area (Å²) in [5, 5.41) is 0. The summed E-state index contributed by atoms with van der Waals surface area (Å²) < 4.78 is 28.1. The van der Waals surface area contributed by atoms with Gasteiger partial charge in [0.2, 0.25) is 0 Å². The van der Waals surface area contributed by atoms with Crippen LogP contribution in [-0.2, 0) is 14.2 Å². The van der Waals surface area contributed by atoms with Crippen LogP contribution in [0.3, 0.4) is 0 Å². The zero-order chi connectivity index (χ0) is 21.7. The van der Waals surface area contributed by atoms with Crippen molar-refractivity contribution in [1.82, 2.24) is 0 Å². The van der Waals surface area contributed by atoms with E-state index in [-0.39, 0.29) is 0 Å². The van der Waals surface area contributed by atoms with Gasteiger partial charge >= 0.3 is 0 Å². The molecule has 0 spiro atoms. The third kappa shape index (κ3) is 7.32. The average molecular weight is 426 g/mol. The van der Waals surface area contributed by atoms with Crippen LogP contribution in [0.2, 0.25) is 0 Å². The lowest BCUT2D eigenvalue weighted by Crippen LogP contribution is -2.13. The molecule has 1 aliphatic rings. The molecule has 3 rings (SSSR count). The number of benzene rings is 2. The fourth-order valence-corrected chi connectivity index (χ4v) is 2.93. The van der Waals surface area contributed by atoms with Crippen LogP contribution < -0.4 is 9.47 Å². The van der Waals surface area contributed by atoms with Gasteiger partial charge in [-0.15, -0.1) is 0 Å². The normalized spacial score (nSPS) is 16.3. The molecule has 0 fully saturated rings. The molecule has 1 heterocycles. The molecule has 164 valence electrons. The molecule has 0 saturated carbocycles. The molecule has 7 heteroatoms. The zero-order valence-electron chi connectivity index (χ0n) is 17.3. The minimum atomic E-state index is 0.372. The first kappa shape index (κ1) is 22.7. The molecule has 2 aromatic rings. The van der Waals surface area contributed by atoms with Crippen molar-refractivity contribution in [2.75, 3.05) is 52.9 Å². The fraction of sp³-hybridized carbons (Fsp3) is 0.333. The van der Waals surface area contributed by atoms with Gasteiger partial charge in [-0.05, 0) is 29.3 Å². The van der Waals surface area contributed by atoms with E-state index >= 15 is 0 Å². The standard InChI is InChI=1S/C24H26O7/c25-17-20-2-5-22(18-26)21(15-20)4-1-19-3-6-23-24(16-19)31-14-12-29-10-8-27-7-9-28-11-13-30-23/h1-6,15-18H,7-14H2/b4-1+. The Morgan fingerprint density at radius 2 is 1.16 bits per heavy atom. The molecule has 0 bridgehead atoms. The molecular weight excluding hydrogens is 400 g/mol. The maximum Gasteiger partial charge on any atom is 0.161 e. The van der Waals surface area contributed by atoms with E-state index in [1.54, 1.807) is 24.3 Å². The number of fused-ring (bicyclic) bond motifs is 1. The van der Waals surface area contributed by atoms with Crippen LogP contribution in [-0.4, -0.2) is 65.4 Å². The average Bonchev–Trinajstić information content (AvgIpc) is 2.81. The lowest BCUT2D eigenvalue weighted by atomic mass is 10.0. The summed E-state index contributed by atoms with van der Waals surface area (Å²) in [7, 11) is 0. The van der Waals surface area contributed by atoms with E-state index in [9.17, 15) is 9.59 Å². The summed E-state index contributed by atoms with van der Waals surface area (Å²) in [5.41, 5.74) is 2.55. The Labute approximate surface area is 181 Å². The van der Waals surface area contributed by atoms with E-state index in [0.29, 0.717) is 81.0 Å². The van der Waals surface area contributed by atoms with Crippen molar-refractivity contribution in [3.05, 3.63) is 58.7 Å². The van der Waals surface area contributed by atoms with Crippen molar-refractivity contribution in [3.63, 3.8) is 0 Å². The summed E-state index contributed by atoms with van der Waals surface area (Å²) in [5.74, 6) is 1.21. The molecule has 7 nitrogen and oxygen atoms in total. The summed E-state index contributed by atoms with van der Waals surface area (Å²) in [6, 6.07) is 10.5. The highest BCUT2D eigenvalue weighted by atomic mass is 16.6. The second kappa shape index (κ2) is 12.6. The van der Waals surface area contributed by atoms with E-state index in [1.165, 1.54) is 0 Å². The lowest BCUT2D eigenvalue weighted by Gasteiger charge is -2.13. The van der Waals surface area contributed by atoms with E-state index in [0.717, 1.165) is 18.1 Å². The first-order chi connectivity index (χ1) is 15.3. The molecule has 0 N–H and O–H groups in total. The number of carbonyl (C=O) groups excluding carboxylic acids is 2. The highest BCUT2D eigenvalue weighted by molar-refractivity contribution is 5.88. The smallest absolute Gasteiger partial charge is 0.161 e. The number of carbonyl (C=O) groups is 2. The van der Waals surface area contributed by atoms with Gasteiger partial charge in [0.1, 0.15) is 19.5 Å². The fourth-order valence-electron chi connectivity index (χ4n) is 2.93. The molecule has 2 aromatic carbocycles. The quantitative estimate of drug-likeness (QED) is 0.548. The van der Waals surface area contributed by atoms with Gasteiger partial charge in [-0.2, -0.15) is 0 Å². The third-order valence-corrected chi connectivity index (χ3v) is 4.51. The Balaban J connectivity index is 1.75. The third-order valence-electron chi connectivity index (χ3n) is 4.51. The van der Waals surface area contributed by atoms with Gasteiger partial charge in [0, 0.05) is 11.1 Å². The van der Waals surface area contributed by atoms with Crippen molar-refractivity contribution in [2.24, 2.45) is 0 Å². The predicted molar refractivity (Wildman–Crippen MR) is 116 cm³/mol. The van der Waals surface area contributed by atoms with Crippen LogP contribution in [0.25, 0.3) is 12.2 Å². The SMILES string of the molecule is O=Cc1ccc(C=O)c(/C=C/c2ccc3c(c2)OCCOCCOCCOCCO3)c1. The first-order valence-electron chi connectivity index (χ1n) is 10.2. The molecule has 0 radical (unpaired) electrons. The highest BCUT2D eigenvalue weighted by Gasteiger charge is 2.08. The second-order valence-corrected chi connectivity index (χ2v) is 6.70. The molecule has 0 aliphatic carbocycles. The highest BCUT2D eigenvalue weighted by Crippen LogP contribution is 2.29. The Kier molecular flexibility index (Phi) is 9.25. The molecular formula is C24H26O7. The first-order valence-corrected chi connectivity index (χ1v) is 10.2. The van der Waals surface area contributed by atoms with Crippen molar-refractivity contribution in [1.29, 1.82) is 0 Å². The van der Waals surface area contributed by atoms with Gasteiger partial charge in [-0.25, -0.2) is 0 Å². The van der Waals surface area contributed by atoms with Crippen molar-refractivity contribution < 1.29 is 33.3 Å². The topological polar surface area (TPSA) is 80.3 Å². The van der Waals surface area contributed by atoms with Crippen LogP contribution in [0.1, 0.15) is 31.8 Å². The summed E-state index contributed by atoms with van der Waals surface area (Å²) in [4.78, 5) is 22.3. The van der Waals surface area contributed by atoms with Crippen LogP contribution in [0.15, 0.2) is 36.4 Å². The Morgan fingerprint density at radius 1 is 0.548 bits per heavy atom. The molecule has 0 unspecified atom stereocenters. The number of aldehydes is 2. The lowest BCUT2D eigenvalue weighted by molar-refractivity contribution is 0.00708. The minimum Gasteiger partial charge on any atom is -0.487 e. The monoisotopic (exact) mass is 426 g/mol. The summed E-state index contributed by atoms with van der Waals surface area (Å²) >= 11 is 0. The Morgan fingerprint density at radius 3 is 1.81 bits per heavy atom. The Bertz CT molecular complexity index is 891. The maximum absolute atomic E-state index is 11.3. The summed E-state index contributed by atoms with van der Waals surface area (Å²) in [6.45, 7) is 3.68. The second-order valence-electron chi connectivity index (χ2n) is 6.70. The van der Waals surface area contributed by atoms with E-state index < -0.39 is 0 Å². The molecule has 0 aromatic heterocycles. The Hall–Kier alpha value is -3.00. The van der Waals surface area contributed by atoms with Crippen LogP contribution in [0.5, 0.6) is 11.5 Å². The number of hydrogen-bond acceptors (Lipinski definition) is 7. The molecule has 0 amide bonds.